The number of ether oxygens (including phenoxy) is 1. The van der Waals surface area contributed by atoms with Crippen molar-refractivity contribution in [1.82, 2.24) is 5.32 Å². The molecule has 0 saturated carbocycles. The van der Waals surface area contributed by atoms with Crippen LogP contribution in [0, 0.1) is 5.41 Å². The van der Waals surface area contributed by atoms with Crippen molar-refractivity contribution in [2.24, 2.45) is 5.73 Å². The molecule has 29 heavy (non-hydrogen) atoms. The van der Waals surface area contributed by atoms with Gasteiger partial charge in [0.05, 0.1) is 11.8 Å². The molecule has 0 fully saturated rings. The van der Waals surface area contributed by atoms with Crippen molar-refractivity contribution in [2.75, 3.05) is 0 Å². The van der Waals surface area contributed by atoms with Crippen LogP contribution in [0.2, 0.25) is 0 Å². The van der Waals surface area contributed by atoms with E-state index in [-0.39, 0.29) is 40.9 Å². The zero-order valence-electron chi connectivity index (χ0n) is 15.3. The smallest absolute Gasteiger partial charge is 0.379 e. The minimum Gasteiger partial charge on any atom is -0.478 e. The molecule has 9 nitrogen and oxygen atoms in total. The first-order valence-electron chi connectivity index (χ1n) is 8.45. The van der Waals surface area contributed by atoms with E-state index in [1.54, 1.807) is 12.1 Å². The number of amides is 1. The largest absolute Gasteiger partial charge is 0.478 e. The highest BCUT2D eigenvalue weighted by Gasteiger charge is 2.20. The average molecular weight is 395 g/mol. The number of carboxylic acid groups (broad SMARTS) is 1. The van der Waals surface area contributed by atoms with Gasteiger partial charge < -0.3 is 25.3 Å². The summed E-state index contributed by atoms with van der Waals surface area (Å²) in [5.41, 5.74) is 5.93. The van der Waals surface area contributed by atoms with Gasteiger partial charge in [-0.2, -0.15) is 0 Å². The highest BCUT2D eigenvalue weighted by molar-refractivity contribution is 6.13. The number of nitrogens with two attached hydrogens (primary N) is 1. The SMILES string of the molecule is CC(=O)NCc1ccoc1C(=O)Oc1ccc2c(C(=O)O)c(C(=N)N)ccc2c1. The van der Waals surface area contributed by atoms with Crippen molar-refractivity contribution in [2.45, 2.75) is 13.5 Å². The Morgan fingerprint density at radius 1 is 1.21 bits per heavy atom. The number of esters is 1. The minimum atomic E-state index is -1.22. The van der Waals surface area contributed by atoms with Gasteiger partial charge in [-0.15, -0.1) is 0 Å². The maximum absolute atomic E-state index is 12.4. The molecular weight excluding hydrogens is 378 g/mol. The molecule has 0 aliphatic heterocycles. The van der Waals surface area contributed by atoms with Crippen molar-refractivity contribution in [3.8, 4) is 5.75 Å². The van der Waals surface area contributed by atoms with Gasteiger partial charge in [0.15, 0.2) is 0 Å². The summed E-state index contributed by atoms with van der Waals surface area (Å²) < 4.78 is 10.5. The Morgan fingerprint density at radius 2 is 1.97 bits per heavy atom. The summed E-state index contributed by atoms with van der Waals surface area (Å²) in [4.78, 5) is 35.1. The van der Waals surface area contributed by atoms with Crippen molar-refractivity contribution in [1.29, 1.82) is 5.41 Å². The second kappa shape index (κ2) is 7.85. The van der Waals surface area contributed by atoms with E-state index in [1.165, 1.54) is 37.5 Å². The molecule has 3 rings (SSSR count). The summed E-state index contributed by atoms with van der Waals surface area (Å²) in [6, 6.07) is 8.99. The van der Waals surface area contributed by atoms with Crippen LogP contribution >= 0.6 is 0 Å². The van der Waals surface area contributed by atoms with E-state index in [0.717, 1.165) is 0 Å². The molecule has 2 aromatic carbocycles. The molecule has 0 radical (unpaired) electrons. The fraction of sp³-hybridized carbons (Fsp3) is 0.100. The maximum atomic E-state index is 12.4. The Balaban J connectivity index is 1.90. The lowest BCUT2D eigenvalue weighted by Gasteiger charge is -2.10. The van der Waals surface area contributed by atoms with E-state index in [1.807, 2.05) is 0 Å². The molecular formula is C20H17N3O6. The first kappa shape index (κ1) is 19.6. The van der Waals surface area contributed by atoms with E-state index in [2.05, 4.69) is 5.32 Å². The van der Waals surface area contributed by atoms with Crippen LogP contribution in [0.3, 0.4) is 0 Å². The number of amidine groups is 1. The molecule has 1 aromatic heterocycles. The van der Waals surface area contributed by atoms with Crippen LogP contribution in [0.1, 0.15) is 39.0 Å². The number of furan rings is 1. The Labute approximate surface area is 164 Å². The number of carbonyl (C=O) groups is 3. The summed E-state index contributed by atoms with van der Waals surface area (Å²) in [6.07, 6.45) is 1.32. The van der Waals surface area contributed by atoms with Crippen LogP contribution in [0.25, 0.3) is 10.8 Å². The summed E-state index contributed by atoms with van der Waals surface area (Å²) in [7, 11) is 0. The summed E-state index contributed by atoms with van der Waals surface area (Å²) in [5, 5.41) is 20.5. The molecule has 5 N–H and O–H groups in total. The van der Waals surface area contributed by atoms with Crippen molar-refractivity contribution >= 4 is 34.5 Å². The zero-order valence-corrected chi connectivity index (χ0v) is 15.3. The fourth-order valence-corrected chi connectivity index (χ4v) is 2.85. The molecule has 3 aromatic rings. The molecule has 0 unspecified atom stereocenters. The van der Waals surface area contributed by atoms with Gasteiger partial charge in [-0.25, -0.2) is 9.59 Å². The third-order valence-electron chi connectivity index (χ3n) is 4.17. The van der Waals surface area contributed by atoms with Crippen molar-refractivity contribution < 1.29 is 28.6 Å². The minimum absolute atomic E-state index is 0.0444. The number of hydrogen-bond acceptors (Lipinski definition) is 6. The number of hydrogen-bond donors (Lipinski definition) is 4. The lowest BCUT2D eigenvalue weighted by molar-refractivity contribution is -0.119. The zero-order chi connectivity index (χ0) is 21.1. The third kappa shape index (κ3) is 4.08. The van der Waals surface area contributed by atoms with Crippen LogP contribution < -0.4 is 15.8 Å². The number of nitrogen functional groups attached to an aromatic ring is 1. The van der Waals surface area contributed by atoms with Crippen LogP contribution in [0.15, 0.2) is 47.1 Å². The Hall–Kier alpha value is -4.14. The van der Waals surface area contributed by atoms with Gasteiger partial charge in [-0.1, -0.05) is 6.07 Å². The number of rotatable bonds is 6. The quantitative estimate of drug-likeness (QED) is 0.216. The first-order valence-corrected chi connectivity index (χ1v) is 8.45. The lowest BCUT2D eigenvalue weighted by atomic mass is 9.98. The summed E-state index contributed by atoms with van der Waals surface area (Å²) in [6.45, 7) is 1.47. The lowest BCUT2D eigenvalue weighted by Crippen LogP contribution is -2.20. The number of carbonyl (C=O) groups excluding carboxylic acids is 2. The standard InChI is InChI=1S/C20H17N3O6/c1-10(24)23-9-12-6-7-28-17(12)20(27)29-13-3-5-14-11(8-13)2-4-15(18(21)22)16(14)19(25)26/h2-8H,9H2,1H3,(H3,21,22)(H,23,24)(H,25,26). The number of fused-ring (bicyclic) bond motifs is 1. The van der Waals surface area contributed by atoms with Gasteiger partial charge in [0.25, 0.3) is 0 Å². The third-order valence-corrected chi connectivity index (χ3v) is 4.17. The Bertz CT molecular complexity index is 1150. The maximum Gasteiger partial charge on any atom is 0.379 e. The van der Waals surface area contributed by atoms with Gasteiger partial charge in [-0.3, -0.25) is 10.2 Å². The normalized spacial score (nSPS) is 10.5. The molecule has 0 aliphatic carbocycles. The number of aromatic carboxylic acids is 1. The molecule has 148 valence electrons. The van der Waals surface area contributed by atoms with Gasteiger partial charge in [0.2, 0.25) is 11.7 Å². The monoisotopic (exact) mass is 395 g/mol. The second-order valence-electron chi connectivity index (χ2n) is 6.16. The molecule has 1 heterocycles. The van der Waals surface area contributed by atoms with Gasteiger partial charge >= 0.3 is 11.9 Å². The second-order valence-corrected chi connectivity index (χ2v) is 6.16. The van der Waals surface area contributed by atoms with Gasteiger partial charge in [-0.05, 0) is 41.1 Å². The number of carboxylic acids is 1. The van der Waals surface area contributed by atoms with Crippen LogP contribution in [-0.4, -0.2) is 28.8 Å². The number of nitrogens with one attached hydrogen (secondary N) is 2. The van der Waals surface area contributed by atoms with Crippen LogP contribution in [0.4, 0.5) is 0 Å². The molecule has 1 amide bonds. The highest BCUT2D eigenvalue weighted by Crippen LogP contribution is 2.27. The van der Waals surface area contributed by atoms with Gasteiger partial charge in [0, 0.05) is 24.6 Å². The van der Waals surface area contributed by atoms with Crippen molar-refractivity contribution in [3.05, 3.63) is 65.1 Å². The number of benzene rings is 2. The molecule has 0 aliphatic rings. The predicted octanol–water partition coefficient (Wildman–Crippen LogP) is 2.27. The molecule has 0 bridgehead atoms. The topological polar surface area (TPSA) is 156 Å². The summed E-state index contributed by atoms with van der Waals surface area (Å²) in [5.74, 6) is -2.45. The molecule has 0 saturated heterocycles. The molecule has 0 atom stereocenters. The Morgan fingerprint density at radius 3 is 2.62 bits per heavy atom. The average Bonchev–Trinajstić information content (AvgIpc) is 3.13. The fourth-order valence-electron chi connectivity index (χ4n) is 2.85. The van der Waals surface area contributed by atoms with E-state index in [4.69, 9.17) is 20.3 Å². The predicted molar refractivity (Wildman–Crippen MR) is 103 cm³/mol. The van der Waals surface area contributed by atoms with E-state index in [0.29, 0.717) is 16.3 Å². The highest BCUT2D eigenvalue weighted by atomic mass is 16.5. The Kier molecular flexibility index (Phi) is 5.31. The van der Waals surface area contributed by atoms with E-state index < -0.39 is 11.9 Å². The van der Waals surface area contributed by atoms with Crippen LogP contribution in [-0.2, 0) is 11.3 Å². The van der Waals surface area contributed by atoms with Crippen molar-refractivity contribution in [3.63, 3.8) is 0 Å². The molecule has 0 spiro atoms. The van der Waals surface area contributed by atoms with E-state index >= 15 is 0 Å². The van der Waals surface area contributed by atoms with Crippen LogP contribution in [0.5, 0.6) is 5.75 Å². The first-order chi connectivity index (χ1) is 13.8. The molecule has 9 heteroatoms. The summed E-state index contributed by atoms with van der Waals surface area (Å²) >= 11 is 0. The van der Waals surface area contributed by atoms with E-state index in [9.17, 15) is 19.5 Å². The van der Waals surface area contributed by atoms with Gasteiger partial charge in [0.1, 0.15) is 11.6 Å².